The molecule has 3 aromatic carbocycles. The maximum absolute atomic E-state index is 13.6. The van der Waals surface area contributed by atoms with Crippen LogP contribution < -0.4 is 14.5 Å². The van der Waals surface area contributed by atoms with Gasteiger partial charge in [-0.05, 0) is 100 Å². The average Bonchev–Trinajstić information content (AvgIpc) is 3.18. The van der Waals surface area contributed by atoms with E-state index in [-0.39, 0.29) is 23.1 Å². The van der Waals surface area contributed by atoms with Crippen molar-refractivity contribution in [2.45, 2.75) is 90.3 Å². The van der Waals surface area contributed by atoms with Crippen LogP contribution in [0.15, 0.2) is 78.9 Å². The van der Waals surface area contributed by atoms with Crippen molar-refractivity contribution >= 4 is 26.3 Å². The number of nitrogens with zero attached hydrogens (tertiary/aromatic N) is 1. The lowest BCUT2D eigenvalue weighted by molar-refractivity contribution is 0.0126. The van der Waals surface area contributed by atoms with Gasteiger partial charge in [0.15, 0.2) is 0 Å². The molecule has 1 aliphatic rings. The van der Waals surface area contributed by atoms with Crippen LogP contribution in [0.1, 0.15) is 75.1 Å². The molecule has 0 bridgehead atoms. The molecule has 2 amide bonds. The van der Waals surface area contributed by atoms with Crippen LogP contribution in [0.3, 0.4) is 0 Å². The molecule has 1 fully saturated rings. The average molecular weight is 661 g/mol. The molecule has 0 aromatic heterocycles. The SMILES string of the molecule is CC(C)(C)OC(=O)N1CCC[C@@H](OC(=O)c2ccccc2Oc2ccccc2)[C@H](NC(=O)c2ccc(O[Si](C)(C)C(C)(C)C)cc2)C1. The van der Waals surface area contributed by atoms with Gasteiger partial charge in [-0.15, -0.1) is 0 Å². The Kier molecular flexibility index (Phi) is 11.1. The summed E-state index contributed by atoms with van der Waals surface area (Å²) in [7, 11) is -2.05. The Morgan fingerprint density at radius 3 is 2.11 bits per heavy atom. The first kappa shape index (κ1) is 35.5. The molecule has 1 heterocycles. The lowest BCUT2D eigenvalue weighted by Gasteiger charge is -2.36. The molecule has 0 spiro atoms. The summed E-state index contributed by atoms with van der Waals surface area (Å²) in [6.07, 6.45) is -0.232. The molecular formula is C37H48N2O7Si. The van der Waals surface area contributed by atoms with E-state index < -0.39 is 38.1 Å². The Bertz CT molecular complexity index is 1530. The monoisotopic (exact) mass is 660 g/mol. The van der Waals surface area contributed by atoms with Gasteiger partial charge in [-0.2, -0.15) is 0 Å². The summed E-state index contributed by atoms with van der Waals surface area (Å²) in [5.41, 5.74) is -0.00986. The lowest BCUT2D eigenvalue weighted by atomic mass is 10.1. The van der Waals surface area contributed by atoms with Crippen molar-refractivity contribution in [3.63, 3.8) is 0 Å². The van der Waals surface area contributed by atoms with Crippen molar-refractivity contribution < 1.29 is 33.0 Å². The third kappa shape index (κ3) is 9.84. The molecule has 4 rings (SSSR count). The summed E-state index contributed by atoms with van der Waals surface area (Å²) in [6.45, 7) is 16.8. The van der Waals surface area contributed by atoms with Crippen molar-refractivity contribution in [3.8, 4) is 17.2 Å². The van der Waals surface area contributed by atoms with Crippen molar-refractivity contribution in [1.29, 1.82) is 0 Å². The lowest BCUT2D eigenvalue weighted by Crippen LogP contribution is -2.51. The predicted octanol–water partition coefficient (Wildman–Crippen LogP) is 8.22. The second kappa shape index (κ2) is 14.6. The molecular weight excluding hydrogens is 613 g/mol. The molecule has 9 nitrogen and oxygen atoms in total. The Balaban J connectivity index is 1.55. The number of ether oxygens (including phenoxy) is 3. The molecule has 0 radical (unpaired) electrons. The van der Waals surface area contributed by atoms with Crippen LogP contribution in [0.25, 0.3) is 0 Å². The number of likely N-dealkylation sites (tertiary alicyclic amines) is 1. The standard InChI is InChI=1S/C37H48N2O7Si/c1-36(2,3)45-35(42)39-24-14-19-32(44-34(41)29-17-12-13-18-31(29)43-27-15-10-9-11-16-27)30(25-39)38-33(40)26-20-22-28(23-21-26)46-47(7,8)37(4,5)6/h9-13,15-18,20-23,30,32H,14,19,24-25H2,1-8H3,(H,38,40)/t30-,32-/m1/s1. The highest BCUT2D eigenvalue weighted by Gasteiger charge is 2.39. The van der Waals surface area contributed by atoms with Crippen molar-refractivity contribution in [3.05, 3.63) is 90.0 Å². The summed E-state index contributed by atoms with van der Waals surface area (Å²) in [5.74, 6) is 0.712. The van der Waals surface area contributed by atoms with Crippen LogP contribution >= 0.6 is 0 Å². The normalized spacial score (nSPS) is 17.2. The Morgan fingerprint density at radius 1 is 0.830 bits per heavy atom. The van der Waals surface area contributed by atoms with Gasteiger partial charge in [-0.3, -0.25) is 4.79 Å². The number of para-hydroxylation sites is 2. The fourth-order valence-electron chi connectivity index (χ4n) is 4.82. The summed E-state index contributed by atoms with van der Waals surface area (Å²) in [5, 5.41) is 3.08. The maximum atomic E-state index is 13.6. The minimum atomic E-state index is -2.05. The highest BCUT2D eigenvalue weighted by atomic mass is 28.4. The number of hydrogen-bond donors (Lipinski definition) is 1. The van der Waals surface area contributed by atoms with E-state index in [1.807, 2.05) is 18.2 Å². The molecule has 2 atom stereocenters. The summed E-state index contributed by atoms with van der Waals surface area (Å²) in [6, 6.07) is 22.4. The number of amides is 2. The number of hydrogen-bond acceptors (Lipinski definition) is 7. The van der Waals surface area contributed by atoms with E-state index >= 15 is 0 Å². The number of esters is 1. The molecule has 1 saturated heterocycles. The van der Waals surface area contributed by atoms with E-state index in [0.717, 1.165) is 0 Å². The van der Waals surface area contributed by atoms with E-state index in [9.17, 15) is 14.4 Å². The molecule has 252 valence electrons. The van der Waals surface area contributed by atoms with E-state index in [1.54, 1.807) is 86.3 Å². The Hall–Kier alpha value is -4.31. The number of benzene rings is 3. The molecule has 1 aliphatic heterocycles. The first-order chi connectivity index (χ1) is 22.0. The second-order valence-electron chi connectivity index (χ2n) is 14.4. The van der Waals surface area contributed by atoms with Gasteiger partial charge in [0.2, 0.25) is 8.32 Å². The van der Waals surface area contributed by atoms with Gasteiger partial charge in [0.05, 0.1) is 6.04 Å². The number of carbonyl (C=O) groups excluding carboxylic acids is 3. The zero-order valence-corrected chi connectivity index (χ0v) is 29.8. The molecule has 0 unspecified atom stereocenters. The zero-order chi connectivity index (χ0) is 34.4. The predicted molar refractivity (Wildman–Crippen MR) is 185 cm³/mol. The fourth-order valence-corrected chi connectivity index (χ4v) is 5.85. The van der Waals surface area contributed by atoms with E-state index in [1.165, 1.54) is 0 Å². The van der Waals surface area contributed by atoms with E-state index in [4.69, 9.17) is 18.6 Å². The topological polar surface area (TPSA) is 103 Å². The van der Waals surface area contributed by atoms with Crippen molar-refractivity contribution in [2.24, 2.45) is 0 Å². The fraction of sp³-hybridized carbons (Fsp3) is 0.432. The zero-order valence-electron chi connectivity index (χ0n) is 28.8. The van der Waals surface area contributed by atoms with Crippen molar-refractivity contribution in [2.75, 3.05) is 13.1 Å². The third-order valence-electron chi connectivity index (χ3n) is 8.38. The van der Waals surface area contributed by atoms with Gasteiger partial charge >= 0.3 is 12.1 Å². The highest BCUT2D eigenvalue weighted by Crippen LogP contribution is 2.37. The van der Waals surface area contributed by atoms with Gasteiger partial charge in [-0.1, -0.05) is 51.1 Å². The smallest absolute Gasteiger partial charge is 0.410 e. The van der Waals surface area contributed by atoms with Gasteiger partial charge < -0.3 is 28.9 Å². The van der Waals surface area contributed by atoms with Crippen LogP contribution in [0.5, 0.6) is 17.2 Å². The summed E-state index contributed by atoms with van der Waals surface area (Å²) in [4.78, 5) is 41.9. The van der Waals surface area contributed by atoms with Crippen LogP contribution in [-0.2, 0) is 9.47 Å². The van der Waals surface area contributed by atoms with Crippen LogP contribution in [0.2, 0.25) is 18.1 Å². The molecule has 10 heteroatoms. The van der Waals surface area contributed by atoms with E-state index in [0.29, 0.717) is 42.2 Å². The number of carbonyl (C=O) groups is 3. The Labute approximate surface area is 279 Å². The molecule has 0 aliphatic carbocycles. The van der Waals surface area contributed by atoms with Gasteiger partial charge in [0.1, 0.15) is 34.5 Å². The molecule has 3 aromatic rings. The first-order valence-electron chi connectivity index (χ1n) is 16.1. The maximum Gasteiger partial charge on any atom is 0.410 e. The minimum Gasteiger partial charge on any atom is -0.544 e. The van der Waals surface area contributed by atoms with E-state index in [2.05, 4.69) is 39.2 Å². The largest absolute Gasteiger partial charge is 0.544 e. The molecule has 0 saturated carbocycles. The van der Waals surface area contributed by atoms with Crippen LogP contribution in [0, 0.1) is 0 Å². The quantitative estimate of drug-likeness (QED) is 0.192. The van der Waals surface area contributed by atoms with Gasteiger partial charge in [-0.25, -0.2) is 9.59 Å². The summed E-state index contributed by atoms with van der Waals surface area (Å²) < 4.78 is 24.1. The van der Waals surface area contributed by atoms with Gasteiger partial charge in [0.25, 0.3) is 5.91 Å². The number of nitrogens with one attached hydrogen (secondary N) is 1. The van der Waals surface area contributed by atoms with Crippen LogP contribution in [0.4, 0.5) is 4.79 Å². The molecule has 1 N–H and O–H groups in total. The first-order valence-corrected chi connectivity index (χ1v) is 19.0. The Morgan fingerprint density at radius 2 is 1.47 bits per heavy atom. The highest BCUT2D eigenvalue weighted by molar-refractivity contribution is 6.74. The summed E-state index contributed by atoms with van der Waals surface area (Å²) >= 11 is 0. The minimum absolute atomic E-state index is 0.0309. The number of rotatable bonds is 8. The second-order valence-corrected chi connectivity index (χ2v) is 19.1. The third-order valence-corrected chi connectivity index (χ3v) is 12.7. The molecule has 47 heavy (non-hydrogen) atoms. The van der Waals surface area contributed by atoms with Crippen LogP contribution in [-0.4, -0.2) is 62.0 Å². The van der Waals surface area contributed by atoms with Gasteiger partial charge in [0, 0.05) is 18.7 Å². The van der Waals surface area contributed by atoms with Crippen molar-refractivity contribution in [1.82, 2.24) is 10.2 Å².